The molecule has 22 heavy (non-hydrogen) atoms. The van der Waals surface area contributed by atoms with Gasteiger partial charge in [-0.25, -0.2) is 0 Å². The number of hydrogen-bond donors (Lipinski definition) is 0. The third-order valence-electron chi connectivity index (χ3n) is 5.57. The van der Waals surface area contributed by atoms with E-state index in [1.54, 1.807) is 5.57 Å². The first kappa shape index (κ1) is 15.2. The average molecular weight is 290 g/mol. The first-order valence-corrected chi connectivity index (χ1v) is 8.62. The standard InChI is InChI=1S/C22H26/c1-5-7-13-19-18(6-2)20(17-11-9-8-10-12-17)14-22(16(3)4)15-21(19)22/h2,8-12,14,16,21H,5,7,13,15H2,1,3-4H3. The Bertz CT molecular complexity index is 651. The van der Waals surface area contributed by atoms with Crippen LogP contribution in [-0.2, 0) is 0 Å². The summed E-state index contributed by atoms with van der Waals surface area (Å²) in [5.74, 6) is 4.40. The Kier molecular flexibility index (Phi) is 4.00. The minimum atomic E-state index is 0.356. The first-order chi connectivity index (χ1) is 10.6. The van der Waals surface area contributed by atoms with Crippen molar-refractivity contribution in [2.24, 2.45) is 17.3 Å². The Morgan fingerprint density at radius 1 is 1.27 bits per heavy atom. The van der Waals surface area contributed by atoms with Gasteiger partial charge in [-0.3, -0.25) is 0 Å². The molecule has 0 heteroatoms. The second kappa shape index (κ2) is 5.81. The van der Waals surface area contributed by atoms with Crippen molar-refractivity contribution >= 4 is 5.57 Å². The maximum atomic E-state index is 5.94. The van der Waals surface area contributed by atoms with Crippen LogP contribution in [-0.4, -0.2) is 0 Å². The van der Waals surface area contributed by atoms with Gasteiger partial charge in [-0.1, -0.05) is 69.5 Å². The molecule has 1 fully saturated rings. The molecule has 1 saturated carbocycles. The molecular weight excluding hydrogens is 264 g/mol. The summed E-state index contributed by atoms with van der Waals surface area (Å²) in [5, 5.41) is 0. The summed E-state index contributed by atoms with van der Waals surface area (Å²) < 4.78 is 0. The van der Waals surface area contributed by atoms with Gasteiger partial charge in [0.2, 0.25) is 0 Å². The number of terminal acetylenes is 1. The van der Waals surface area contributed by atoms with Crippen molar-refractivity contribution < 1.29 is 0 Å². The largest absolute Gasteiger partial charge is 0.115 e. The predicted octanol–water partition coefficient (Wildman–Crippen LogP) is 5.87. The van der Waals surface area contributed by atoms with Crippen LogP contribution in [0.15, 0.2) is 47.6 Å². The fourth-order valence-electron chi connectivity index (χ4n) is 4.08. The van der Waals surface area contributed by atoms with Crippen molar-refractivity contribution in [2.45, 2.75) is 46.5 Å². The topological polar surface area (TPSA) is 0 Å². The molecule has 0 amide bonds. The molecule has 3 rings (SSSR count). The van der Waals surface area contributed by atoms with Gasteiger partial charge in [-0.05, 0) is 53.2 Å². The molecule has 0 N–H and O–H groups in total. The van der Waals surface area contributed by atoms with E-state index in [4.69, 9.17) is 6.42 Å². The van der Waals surface area contributed by atoms with Crippen molar-refractivity contribution in [3.8, 4) is 12.3 Å². The lowest BCUT2D eigenvalue weighted by Crippen LogP contribution is -2.16. The second-order valence-corrected chi connectivity index (χ2v) is 7.10. The molecule has 2 aliphatic carbocycles. The Morgan fingerprint density at radius 2 is 2.00 bits per heavy atom. The van der Waals surface area contributed by atoms with Crippen molar-refractivity contribution in [1.29, 1.82) is 0 Å². The minimum Gasteiger partial charge on any atom is -0.115 e. The number of allylic oxidation sites excluding steroid dienone is 4. The summed E-state index contributed by atoms with van der Waals surface area (Å²) in [5.41, 5.74) is 5.67. The van der Waals surface area contributed by atoms with Gasteiger partial charge in [0.1, 0.15) is 0 Å². The van der Waals surface area contributed by atoms with Gasteiger partial charge in [-0.15, -0.1) is 6.42 Å². The molecular formula is C22H26. The number of fused-ring (bicyclic) bond motifs is 1. The van der Waals surface area contributed by atoms with E-state index in [1.807, 2.05) is 0 Å². The fraction of sp³-hybridized carbons (Fsp3) is 0.455. The zero-order chi connectivity index (χ0) is 15.7. The predicted molar refractivity (Wildman–Crippen MR) is 95.2 cm³/mol. The van der Waals surface area contributed by atoms with E-state index in [1.165, 1.54) is 42.4 Å². The SMILES string of the molecule is C#CC1=C(CCCC)C2CC2(C(C)C)C=C1c1ccccc1. The highest BCUT2D eigenvalue weighted by molar-refractivity contribution is 5.87. The Morgan fingerprint density at radius 3 is 2.59 bits per heavy atom. The van der Waals surface area contributed by atoms with Crippen LogP contribution in [0, 0.1) is 29.6 Å². The summed E-state index contributed by atoms with van der Waals surface area (Å²) in [6.45, 7) is 6.98. The first-order valence-electron chi connectivity index (χ1n) is 8.62. The third kappa shape index (κ3) is 2.34. The number of benzene rings is 1. The van der Waals surface area contributed by atoms with Crippen LogP contribution in [0.1, 0.15) is 52.0 Å². The molecule has 0 bridgehead atoms. The zero-order valence-electron chi connectivity index (χ0n) is 14.0. The van der Waals surface area contributed by atoms with E-state index in [0.717, 1.165) is 0 Å². The lowest BCUT2D eigenvalue weighted by molar-refractivity contribution is 0.415. The summed E-state index contributed by atoms with van der Waals surface area (Å²) >= 11 is 0. The van der Waals surface area contributed by atoms with Gasteiger partial charge in [0.15, 0.2) is 0 Å². The highest BCUT2D eigenvalue weighted by Gasteiger charge is 2.58. The van der Waals surface area contributed by atoms with Crippen LogP contribution < -0.4 is 0 Å². The molecule has 2 unspecified atom stereocenters. The van der Waals surface area contributed by atoms with E-state index < -0.39 is 0 Å². The highest BCUT2D eigenvalue weighted by atomic mass is 14.6. The van der Waals surface area contributed by atoms with Gasteiger partial charge in [-0.2, -0.15) is 0 Å². The van der Waals surface area contributed by atoms with Crippen LogP contribution in [0.4, 0.5) is 0 Å². The molecule has 0 radical (unpaired) electrons. The quantitative estimate of drug-likeness (QED) is 0.595. The summed E-state index contributed by atoms with van der Waals surface area (Å²) in [6, 6.07) is 10.7. The highest BCUT2D eigenvalue weighted by Crippen LogP contribution is 2.67. The Balaban J connectivity index is 2.10. The van der Waals surface area contributed by atoms with E-state index in [-0.39, 0.29) is 0 Å². The van der Waals surface area contributed by atoms with E-state index in [9.17, 15) is 0 Å². The maximum absolute atomic E-state index is 5.94. The number of unbranched alkanes of at least 4 members (excludes halogenated alkanes) is 1. The average Bonchev–Trinajstić information content (AvgIpc) is 3.28. The number of hydrogen-bond acceptors (Lipinski definition) is 0. The third-order valence-corrected chi connectivity index (χ3v) is 5.57. The van der Waals surface area contributed by atoms with Crippen LogP contribution >= 0.6 is 0 Å². The van der Waals surface area contributed by atoms with Crippen molar-refractivity contribution in [3.63, 3.8) is 0 Å². The summed E-state index contributed by atoms with van der Waals surface area (Å²) in [4.78, 5) is 0. The lowest BCUT2D eigenvalue weighted by atomic mass is 9.76. The smallest absolute Gasteiger partial charge is 0.0313 e. The van der Waals surface area contributed by atoms with Crippen LogP contribution in [0.25, 0.3) is 5.57 Å². The molecule has 1 aromatic rings. The second-order valence-electron chi connectivity index (χ2n) is 7.10. The van der Waals surface area contributed by atoms with Gasteiger partial charge in [0.25, 0.3) is 0 Å². The van der Waals surface area contributed by atoms with E-state index in [2.05, 4.69) is 63.1 Å². The van der Waals surface area contributed by atoms with Crippen LogP contribution in [0.3, 0.4) is 0 Å². The summed E-state index contributed by atoms with van der Waals surface area (Å²) in [6.07, 6.45) is 13.4. The molecule has 0 heterocycles. The fourth-order valence-corrected chi connectivity index (χ4v) is 4.08. The Labute approximate surface area is 135 Å². The molecule has 0 saturated heterocycles. The Hall–Kier alpha value is -1.74. The molecule has 2 aliphatic rings. The van der Waals surface area contributed by atoms with E-state index in [0.29, 0.717) is 17.3 Å². The van der Waals surface area contributed by atoms with Gasteiger partial charge < -0.3 is 0 Å². The lowest BCUT2D eigenvalue weighted by Gasteiger charge is -2.27. The van der Waals surface area contributed by atoms with Crippen LogP contribution in [0.2, 0.25) is 0 Å². The molecule has 114 valence electrons. The van der Waals surface area contributed by atoms with E-state index >= 15 is 0 Å². The monoisotopic (exact) mass is 290 g/mol. The molecule has 1 aromatic carbocycles. The van der Waals surface area contributed by atoms with Gasteiger partial charge in [0.05, 0.1) is 0 Å². The number of rotatable bonds is 5. The van der Waals surface area contributed by atoms with Crippen LogP contribution in [0.5, 0.6) is 0 Å². The van der Waals surface area contributed by atoms with Gasteiger partial charge >= 0.3 is 0 Å². The van der Waals surface area contributed by atoms with Gasteiger partial charge in [0, 0.05) is 5.57 Å². The molecule has 0 aliphatic heterocycles. The normalized spacial score (nSPS) is 26.5. The van der Waals surface area contributed by atoms with Crippen molar-refractivity contribution in [2.75, 3.05) is 0 Å². The minimum absolute atomic E-state index is 0.356. The maximum Gasteiger partial charge on any atom is 0.0313 e. The molecule has 0 aromatic heterocycles. The molecule has 0 nitrogen and oxygen atoms in total. The van der Waals surface area contributed by atoms with Crippen molar-refractivity contribution in [3.05, 3.63) is 53.1 Å². The summed E-state index contributed by atoms with van der Waals surface area (Å²) in [7, 11) is 0. The molecule has 0 spiro atoms. The molecule has 2 atom stereocenters. The zero-order valence-corrected chi connectivity index (χ0v) is 14.0. The van der Waals surface area contributed by atoms with Crippen molar-refractivity contribution in [1.82, 2.24) is 0 Å².